The van der Waals surface area contributed by atoms with Crippen LogP contribution in [0.5, 0.6) is 0 Å². The van der Waals surface area contributed by atoms with Gasteiger partial charge in [0.2, 0.25) is 0 Å². The summed E-state index contributed by atoms with van der Waals surface area (Å²) in [6.45, 7) is 6.79. The monoisotopic (exact) mass is 343 g/mol. The number of hydrogen-bond donors (Lipinski definition) is 1. The van der Waals surface area contributed by atoms with Crippen molar-refractivity contribution in [2.75, 3.05) is 58.5 Å². The molecule has 0 spiro atoms. The van der Waals surface area contributed by atoms with Crippen molar-refractivity contribution in [1.29, 1.82) is 0 Å². The first-order valence-electron chi connectivity index (χ1n) is 9.02. The average Bonchev–Trinajstić information content (AvgIpc) is 3.01. The lowest BCUT2D eigenvalue weighted by Gasteiger charge is -2.24. The van der Waals surface area contributed by atoms with Crippen molar-refractivity contribution in [3.63, 3.8) is 0 Å². The SMILES string of the molecule is COCCN(C)C[C@@H]1CN(c2cc(C)nc3ccccc23)C[C@@H]1CO. The molecule has 25 heavy (non-hydrogen) atoms. The number of benzene rings is 1. The molecule has 3 rings (SSSR count). The number of ether oxygens (including phenoxy) is 1. The normalized spacial score (nSPS) is 20.8. The summed E-state index contributed by atoms with van der Waals surface area (Å²) in [4.78, 5) is 9.38. The second kappa shape index (κ2) is 8.13. The fraction of sp³-hybridized carbons (Fsp3) is 0.550. The van der Waals surface area contributed by atoms with Gasteiger partial charge in [0.25, 0.3) is 0 Å². The molecule has 0 aliphatic carbocycles. The molecule has 1 aliphatic rings. The van der Waals surface area contributed by atoms with Crippen molar-refractivity contribution in [1.82, 2.24) is 9.88 Å². The van der Waals surface area contributed by atoms with E-state index in [1.807, 2.05) is 13.0 Å². The molecule has 1 aromatic heterocycles. The first-order chi connectivity index (χ1) is 12.1. The molecule has 0 saturated carbocycles. The zero-order valence-corrected chi connectivity index (χ0v) is 15.5. The molecule has 0 unspecified atom stereocenters. The Morgan fingerprint density at radius 2 is 2.04 bits per heavy atom. The van der Waals surface area contributed by atoms with E-state index in [9.17, 15) is 5.11 Å². The highest BCUT2D eigenvalue weighted by molar-refractivity contribution is 5.92. The van der Waals surface area contributed by atoms with E-state index in [0.717, 1.165) is 44.0 Å². The van der Waals surface area contributed by atoms with Gasteiger partial charge in [-0.25, -0.2) is 0 Å². The molecule has 2 heterocycles. The number of aliphatic hydroxyl groups is 1. The summed E-state index contributed by atoms with van der Waals surface area (Å²) >= 11 is 0. The van der Waals surface area contributed by atoms with Gasteiger partial charge in [0.05, 0.1) is 12.1 Å². The van der Waals surface area contributed by atoms with E-state index in [1.54, 1.807) is 7.11 Å². The number of aliphatic hydroxyl groups excluding tert-OH is 1. The molecule has 1 aromatic carbocycles. The Labute approximate surface area is 150 Å². The van der Waals surface area contributed by atoms with Gasteiger partial charge in [0.1, 0.15) is 0 Å². The highest BCUT2D eigenvalue weighted by Crippen LogP contribution is 2.33. The minimum Gasteiger partial charge on any atom is -0.396 e. The van der Waals surface area contributed by atoms with Crippen molar-refractivity contribution < 1.29 is 9.84 Å². The Morgan fingerprint density at radius 1 is 1.28 bits per heavy atom. The lowest BCUT2D eigenvalue weighted by molar-refractivity contribution is 0.136. The van der Waals surface area contributed by atoms with Crippen LogP contribution in [0.25, 0.3) is 10.9 Å². The summed E-state index contributed by atoms with van der Waals surface area (Å²) in [6.07, 6.45) is 0. The number of aryl methyl sites for hydroxylation is 1. The van der Waals surface area contributed by atoms with Crippen LogP contribution in [-0.4, -0.2) is 68.5 Å². The molecule has 0 amide bonds. The number of likely N-dealkylation sites (N-methyl/N-ethyl adjacent to an activating group) is 1. The third-order valence-corrected chi connectivity index (χ3v) is 5.20. The van der Waals surface area contributed by atoms with Gasteiger partial charge in [-0.15, -0.1) is 0 Å². The second-order valence-corrected chi connectivity index (χ2v) is 7.16. The smallest absolute Gasteiger partial charge is 0.0726 e. The van der Waals surface area contributed by atoms with Crippen LogP contribution >= 0.6 is 0 Å². The second-order valence-electron chi connectivity index (χ2n) is 7.16. The van der Waals surface area contributed by atoms with Crippen molar-refractivity contribution in [2.24, 2.45) is 11.8 Å². The first-order valence-corrected chi connectivity index (χ1v) is 9.02. The van der Waals surface area contributed by atoms with Gasteiger partial charge >= 0.3 is 0 Å². The summed E-state index contributed by atoms with van der Waals surface area (Å²) in [5.74, 6) is 0.760. The molecule has 1 saturated heterocycles. The lowest BCUT2D eigenvalue weighted by atomic mass is 9.96. The van der Waals surface area contributed by atoms with Gasteiger partial charge in [-0.1, -0.05) is 18.2 Å². The summed E-state index contributed by atoms with van der Waals surface area (Å²) in [5.41, 5.74) is 3.32. The van der Waals surface area contributed by atoms with Crippen LogP contribution in [0.3, 0.4) is 0 Å². The third-order valence-electron chi connectivity index (χ3n) is 5.20. The molecule has 5 heteroatoms. The van der Waals surface area contributed by atoms with Crippen molar-refractivity contribution >= 4 is 16.6 Å². The van der Waals surface area contributed by atoms with Crippen molar-refractivity contribution in [3.05, 3.63) is 36.0 Å². The maximum absolute atomic E-state index is 9.88. The minimum atomic E-state index is 0.237. The van der Waals surface area contributed by atoms with E-state index in [1.165, 1.54) is 11.1 Å². The van der Waals surface area contributed by atoms with Gasteiger partial charge in [-0.3, -0.25) is 4.98 Å². The average molecular weight is 343 g/mol. The number of rotatable bonds is 7. The van der Waals surface area contributed by atoms with E-state index in [2.05, 4.69) is 46.1 Å². The van der Waals surface area contributed by atoms with Gasteiger partial charge in [0.15, 0.2) is 0 Å². The van der Waals surface area contributed by atoms with Gasteiger partial charge in [-0.2, -0.15) is 0 Å². The number of anilines is 1. The third kappa shape index (κ3) is 4.11. The molecular weight excluding hydrogens is 314 g/mol. The van der Waals surface area contributed by atoms with Crippen LogP contribution in [0.2, 0.25) is 0 Å². The fourth-order valence-electron chi connectivity index (χ4n) is 3.84. The topological polar surface area (TPSA) is 48.8 Å². The number of nitrogens with zero attached hydrogens (tertiary/aromatic N) is 3. The molecule has 0 bridgehead atoms. The number of para-hydroxylation sites is 1. The zero-order valence-electron chi connectivity index (χ0n) is 15.5. The van der Waals surface area contributed by atoms with E-state index in [0.29, 0.717) is 11.8 Å². The predicted octanol–water partition coefficient (Wildman–Crippen LogP) is 2.17. The van der Waals surface area contributed by atoms with E-state index in [4.69, 9.17) is 4.74 Å². The van der Waals surface area contributed by atoms with Crippen LogP contribution in [0.1, 0.15) is 5.69 Å². The molecule has 2 aromatic rings. The number of pyridine rings is 1. The summed E-state index contributed by atoms with van der Waals surface area (Å²) < 4.78 is 5.17. The van der Waals surface area contributed by atoms with Crippen molar-refractivity contribution in [2.45, 2.75) is 6.92 Å². The Bertz CT molecular complexity index is 706. The van der Waals surface area contributed by atoms with Crippen molar-refractivity contribution in [3.8, 4) is 0 Å². The molecule has 1 fully saturated rings. The summed E-state index contributed by atoms with van der Waals surface area (Å²) in [5, 5.41) is 11.1. The van der Waals surface area contributed by atoms with Crippen LogP contribution < -0.4 is 4.90 Å². The molecule has 1 N–H and O–H groups in total. The molecule has 0 radical (unpaired) electrons. The quantitative estimate of drug-likeness (QED) is 0.835. The van der Waals surface area contributed by atoms with Gasteiger partial charge < -0.3 is 19.6 Å². The lowest BCUT2D eigenvalue weighted by Crippen LogP contribution is -2.33. The molecule has 136 valence electrons. The van der Waals surface area contributed by atoms with E-state index < -0.39 is 0 Å². The number of methoxy groups -OCH3 is 1. The Morgan fingerprint density at radius 3 is 2.80 bits per heavy atom. The molecule has 1 aliphatic heterocycles. The standard InChI is InChI=1S/C20H29N3O2/c1-15-10-20(18-6-4-5-7-19(18)21-15)23-12-16(17(13-23)14-24)11-22(2)8-9-25-3/h4-7,10,16-17,24H,8-9,11-14H2,1-3H3/t16-,17-/m1/s1. The van der Waals surface area contributed by atoms with Gasteiger partial charge in [0, 0.05) is 62.6 Å². The molecule has 5 nitrogen and oxygen atoms in total. The zero-order chi connectivity index (χ0) is 17.8. The van der Waals surface area contributed by atoms with E-state index >= 15 is 0 Å². The van der Waals surface area contributed by atoms with Crippen LogP contribution in [0.15, 0.2) is 30.3 Å². The minimum absolute atomic E-state index is 0.237. The Balaban J connectivity index is 1.80. The number of hydrogen-bond acceptors (Lipinski definition) is 5. The van der Waals surface area contributed by atoms with Crippen LogP contribution in [-0.2, 0) is 4.74 Å². The first kappa shape index (κ1) is 18.1. The number of fused-ring (bicyclic) bond motifs is 1. The number of aromatic nitrogens is 1. The summed E-state index contributed by atoms with van der Waals surface area (Å²) in [7, 11) is 3.86. The maximum Gasteiger partial charge on any atom is 0.0726 e. The molecular formula is C20H29N3O2. The largest absolute Gasteiger partial charge is 0.396 e. The highest BCUT2D eigenvalue weighted by Gasteiger charge is 2.33. The predicted molar refractivity (Wildman–Crippen MR) is 102 cm³/mol. The molecule has 2 atom stereocenters. The fourth-order valence-corrected chi connectivity index (χ4v) is 3.84. The highest BCUT2D eigenvalue weighted by atomic mass is 16.5. The maximum atomic E-state index is 9.88. The van der Waals surface area contributed by atoms with E-state index in [-0.39, 0.29) is 6.61 Å². The summed E-state index contributed by atoms with van der Waals surface area (Å²) in [6, 6.07) is 10.5. The van der Waals surface area contributed by atoms with Crippen LogP contribution in [0, 0.1) is 18.8 Å². The Kier molecular flexibility index (Phi) is 5.89. The Hall–Kier alpha value is -1.69. The van der Waals surface area contributed by atoms with Gasteiger partial charge in [-0.05, 0) is 32.0 Å². The van der Waals surface area contributed by atoms with Crippen LogP contribution in [0.4, 0.5) is 5.69 Å².